The first-order chi connectivity index (χ1) is 14.1. The van der Waals surface area contributed by atoms with Gasteiger partial charge in [-0.05, 0) is 52.9 Å². The lowest BCUT2D eigenvalue weighted by atomic mass is 9.97. The molecule has 168 valence electrons. The molecule has 3 aliphatic heterocycles. The summed E-state index contributed by atoms with van der Waals surface area (Å²) in [5, 5.41) is 10.4. The van der Waals surface area contributed by atoms with Crippen LogP contribution < -0.4 is 10.9 Å². The van der Waals surface area contributed by atoms with Crippen molar-refractivity contribution in [2.45, 2.75) is 76.6 Å². The van der Waals surface area contributed by atoms with Crippen molar-refractivity contribution in [3.05, 3.63) is 0 Å². The van der Waals surface area contributed by atoms with Crippen molar-refractivity contribution < 1.29 is 29.1 Å². The fraction of sp³-hybridized carbons (Fsp3) is 0.789. The van der Waals surface area contributed by atoms with Gasteiger partial charge in [0.25, 0.3) is 5.91 Å². The first-order valence-electron chi connectivity index (χ1n) is 10.4. The molecular formula is C19H31N5O6. The number of rotatable bonds is 5. The summed E-state index contributed by atoms with van der Waals surface area (Å²) >= 11 is 0. The number of hydrogen-bond acceptors (Lipinski definition) is 7. The third kappa shape index (κ3) is 4.84. The second-order valence-electron chi connectivity index (χ2n) is 9.02. The maximum atomic E-state index is 12.6. The van der Waals surface area contributed by atoms with Crippen molar-refractivity contribution in [1.82, 2.24) is 25.7 Å². The minimum absolute atomic E-state index is 0.157. The number of carbonyl (C=O) groups is 4. The summed E-state index contributed by atoms with van der Waals surface area (Å²) < 4.78 is 5.40. The van der Waals surface area contributed by atoms with Gasteiger partial charge < -0.3 is 9.64 Å². The first kappa shape index (κ1) is 22.3. The number of hydrogen-bond donors (Lipinski definition) is 3. The van der Waals surface area contributed by atoms with Crippen molar-refractivity contribution in [2.24, 2.45) is 0 Å². The quantitative estimate of drug-likeness (QED) is 0.435. The molecule has 3 aliphatic rings. The van der Waals surface area contributed by atoms with Crippen LogP contribution in [0.15, 0.2) is 0 Å². The zero-order valence-corrected chi connectivity index (χ0v) is 17.7. The first-order valence-corrected chi connectivity index (χ1v) is 10.4. The number of Topliss-reactive ketones (excluding diaryl/α,β-unsaturated/α-hetero) is 1. The highest BCUT2D eigenvalue weighted by molar-refractivity contribution is 5.91. The van der Waals surface area contributed by atoms with E-state index in [0.29, 0.717) is 37.4 Å². The van der Waals surface area contributed by atoms with Gasteiger partial charge in [-0.25, -0.2) is 20.1 Å². The van der Waals surface area contributed by atoms with Crippen LogP contribution in [0.5, 0.6) is 0 Å². The van der Waals surface area contributed by atoms with Gasteiger partial charge in [0.05, 0.1) is 18.6 Å². The van der Waals surface area contributed by atoms with E-state index in [0.717, 1.165) is 12.8 Å². The number of carbonyl (C=O) groups excluding carboxylic acids is 4. The largest absolute Gasteiger partial charge is 0.444 e. The number of hydroxylamine groups is 2. The van der Waals surface area contributed by atoms with Crippen molar-refractivity contribution >= 4 is 23.8 Å². The van der Waals surface area contributed by atoms with Crippen molar-refractivity contribution in [3.63, 3.8) is 0 Å². The summed E-state index contributed by atoms with van der Waals surface area (Å²) in [5.74, 6) is -0.652. The monoisotopic (exact) mass is 425 g/mol. The lowest BCUT2D eigenvalue weighted by Crippen LogP contribution is -2.56. The Labute approximate surface area is 175 Å². The molecule has 0 aromatic rings. The lowest BCUT2D eigenvalue weighted by Gasteiger charge is -2.35. The Kier molecular flexibility index (Phi) is 6.51. The number of fused-ring (bicyclic) bond motifs is 2. The summed E-state index contributed by atoms with van der Waals surface area (Å²) in [4.78, 5) is 52.4. The molecule has 11 heteroatoms. The standard InChI is InChI=1S/C19H31N5O6/c1-19(2,3)30-18(28)22-9-5-4-6-14(22)16(26)21-20-10-15(25)13-8-7-12-11-23(13)17(27)24(12)29/h12-14,20,29H,4-11H2,1-3H3,(H,21,26). The Morgan fingerprint density at radius 1 is 1.13 bits per heavy atom. The topological polar surface area (TPSA) is 132 Å². The molecule has 3 fully saturated rings. The number of hydrazine groups is 1. The molecule has 4 amide bonds. The average Bonchev–Trinajstić information content (AvgIpc) is 2.90. The number of ketones is 1. The van der Waals surface area contributed by atoms with Crippen LogP contribution in [-0.2, 0) is 14.3 Å². The number of amides is 4. The van der Waals surface area contributed by atoms with Crippen LogP contribution in [0.2, 0.25) is 0 Å². The van der Waals surface area contributed by atoms with Crippen molar-refractivity contribution in [1.29, 1.82) is 0 Å². The molecule has 0 saturated carbocycles. The van der Waals surface area contributed by atoms with Crippen LogP contribution in [0.1, 0.15) is 52.9 Å². The summed E-state index contributed by atoms with van der Waals surface area (Å²) in [6.07, 6.45) is 2.61. The van der Waals surface area contributed by atoms with Crippen LogP contribution in [0, 0.1) is 0 Å². The highest BCUT2D eigenvalue weighted by atomic mass is 16.6. The van der Waals surface area contributed by atoms with Gasteiger partial charge in [0, 0.05) is 13.1 Å². The molecule has 3 heterocycles. The summed E-state index contributed by atoms with van der Waals surface area (Å²) in [6, 6.07) is -2.12. The highest BCUT2D eigenvalue weighted by Crippen LogP contribution is 2.28. The smallest absolute Gasteiger partial charge is 0.410 e. The van der Waals surface area contributed by atoms with Gasteiger partial charge >= 0.3 is 12.1 Å². The number of piperidine rings is 2. The summed E-state index contributed by atoms with van der Waals surface area (Å²) in [7, 11) is 0. The zero-order valence-electron chi connectivity index (χ0n) is 17.7. The van der Waals surface area contributed by atoms with Crippen LogP contribution in [-0.4, -0.2) is 87.2 Å². The van der Waals surface area contributed by atoms with E-state index < -0.39 is 35.7 Å². The average molecular weight is 425 g/mol. The van der Waals surface area contributed by atoms with Gasteiger partial charge in [-0.3, -0.25) is 25.1 Å². The maximum Gasteiger partial charge on any atom is 0.410 e. The minimum atomic E-state index is -0.672. The molecule has 2 bridgehead atoms. The normalized spacial score (nSPS) is 26.6. The van der Waals surface area contributed by atoms with Crippen molar-refractivity contribution in [3.8, 4) is 0 Å². The molecule has 0 aromatic carbocycles. The van der Waals surface area contributed by atoms with Crippen LogP contribution in [0.25, 0.3) is 0 Å². The van der Waals surface area contributed by atoms with E-state index in [1.54, 1.807) is 20.8 Å². The fourth-order valence-corrected chi connectivity index (χ4v) is 4.15. The molecule has 3 atom stereocenters. The van der Waals surface area contributed by atoms with E-state index in [4.69, 9.17) is 4.74 Å². The highest BCUT2D eigenvalue weighted by Gasteiger charge is 2.46. The molecule has 0 radical (unpaired) electrons. The Morgan fingerprint density at radius 2 is 1.87 bits per heavy atom. The third-order valence-corrected chi connectivity index (χ3v) is 5.62. The summed E-state index contributed by atoms with van der Waals surface area (Å²) in [5.41, 5.74) is 4.48. The number of nitrogens with one attached hydrogen (secondary N) is 2. The predicted octanol–water partition coefficient (Wildman–Crippen LogP) is 0.624. The van der Waals surface area contributed by atoms with Crippen molar-refractivity contribution in [2.75, 3.05) is 19.6 Å². The molecular weight excluding hydrogens is 394 g/mol. The van der Waals surface area contributed by atoms with E-state index in [-0.39, 0.29) is 18.4 Å². The van der Waals surface area contributed by atoms with Gasteiger partial charge in [0.1, 0.15) is 11.6 Å². The van der Waals surface area contributed by atoms with Crippen LogP contribution in [0.3, 0.4) is 0 Å². The molecule has 3 rings (SSSR count). The van der Waals surface area contributed by atoms with E-state index in [1.165, 1.54) is 9.80 Å². The van der Waals surface area contributed by atoms with Gasteiger partial charge in [0.15, 0.2) is 5.78 Å². The molecule has 3 unspecified atom stereocenters. The molecule has 0 aliphatic carbocycles. The Morgan fingerprint density at radius 3 is 2.57 bits per heavy atom. The fourth-order valence-electron chi connectivity index (χ4n) is 4.15. The van der Waals surface area contributed by atoms with E-state index >= 15 is 0 Å². The van der Waals surface area contributed by atoms with E-state index in [1.807, 2.05) is 0 Å². The number of likely N-dealkylation sites (tertiary alicyclic amines) is 1. The number of nitrogens with zero attached hydrogens (tertiary/aromatic N) is 3. The van der Waals surface area contributed by atoms with E-state index in [9.17, 15) is 24.4 Å². The maximum absolute atomic E-state index is 12.6. The van der Waals surface area contributed by atoms with Gasteiger partial charge in [-0.1, -0.05) is 0 Å². The Bertz CT molecular complexity index is 708. The zero-order chi connectivity index (χ0) is 22.1. The third-order valence-electron chi connectivity index (χ3n) is 5.62. The lowest BCUT2D eigenvalue weighted by molar-refractivity contribution is -0.129. The minimum Gasteiger partial charge on any atom is -0.444 e. The molecule has 11 nitrogen and oxygen atoms in total. The number of urea groups is 1. The second-order valence-corrected chi connectivity index (χ2v) is 9.02. The second kappa shape index (κ2) is 8.76. The molecule has 3 N–H and O–H groups in total. The predicted molar refractivity (Wildman–Crippen MR) is 104 cm³/mol. The Balaban J connectivity index is 1.50. The van der Waals surface area contributed by atoms with Gasteiger partial charge in [0.2, 0.25) is 0 Å². The SMILES string of the molecule is CC(C)(C)OC(=O)N1CCCCC1C(=O)NNCC(=O)C1CCC2CN1C(=O)N2O. The molecule has 3 saturated heterocycles. The summed E-state index contributed by atoms with van der Waals surface area (Å²) in [6.45, 7) is 5.91. The van der Waals surface area contributed by atoms with E-state index in [2.05, 4.69) is 10.9 Å². The Hall–Kier alpha value is -2.40. The molecule has 30 heavy (non-hydrogen) atoms. The van der Waals surface area contributed by atoms with Crippen LogP contribution >= 0.6 is 0 Å². The molecule has 0 aromatic heterocycles. The van der Waals surface area contributed by atoms with Gasteiger partial charge in [-0.15, -0.1) is 0 Å². The molecule has 0 spiro atoms. The van der Waals surface area contributed by atoms with Crippen LogP contribution in [0.4, 0.5) is 9.59 Å². The van der Waals surface area contributed by atoms with Gasteiger partial charge in [-0.2, -0.15) is 0 Å². The number of ether oxygens (including phenoxy) is 1.